The van der Waals surface area contributed by atoms with Crippen LogP contribution in [0.4, 0.5) is 0 Å². The van der Waals surface area contributed by atoms with E-state index < -0.39 is 17.9 Å². The Morgan fingerprint density at radius 1 is 1.37 bits per heavy atom. The van der Waals surface area contributed by atoms with Crippen molar-refractivity contribution in [1.29, 1.82) is 0 Å². The molecule has 0 spiro atoms. The summed E-state index contributed by atoms with van der Waals surface area (Å²) >= 11 is 0. The number of amides is 1. The summed E-state index contributed by atoms with van der Waals surface area (Å²) in [6, 6.07) is 0.781. The Labute approximate surface area is 113 Å². The molecule has 1 atom stereocenters. The topological polar surface area (TPSA) is 79.5 Å². The zero-order valence-corrected chi connectivity index (χ0v) is 11.7. The molecule has 19 heavy (non-hydrogen) atoms. The van der Waals surface area contributed by atoms with E-state index >= 15 is 0 Å². The van der Waals surface area contributed by atoms with Gasteiger partial charge in [-0.15, -0.1) is 0 Å². The van der Waals surface area contributed by atoms with Crippen LogP contribution < -0.4 is 5.32 Å². The molecular weight excluding hydrogens is 246 g/mol. The zero-order valence-electron chi connectivity index (χ0n) is 11.7. The first kappa shape index (κ1) is 15.3. The normalized spacial score (nSPS) is 12.2. The SMILES string of the molecule is CCCCCC(NC(=O)c1cc(C)oc1C)C(=O)O. The summed E-state index contributed by atoms with van der Waals surface area (Å²) in [4.78, 5) is 23.1. The summed E-state index contributed by atoms with van der Waals surface area (Å²) in [6.45, 7) is 5.49. The smallest absolute Gasteiger partial charge is 0.326 e. The summed E-state index contributed by atoms with van der Waals surface area (Å²) < 4.78 is 5.27. The lowest BCUT2D eigenvalue weighted by Crippen LogP contribution is -2.40. The maximum atomic E-state index is 12.0. The number of aliphatic carboxylic acids is 1. The first-order valence-electron chi connectivity index (χ1n) is 6.56. The largest absolute Gasteiger partial charge is 0.480 e. The van der Waals surface area contributed by atoms with E-state index in [0.717, 1.165) is 19.3 Å². The van der Waals surface area contributed by atoms with Crippen LogP contribution in [0, 0.1) is 13.8 Å². The Kier molecular flexibility index (Phi) is 5.60. The van der Waals surface area contributed by atoms with Gasteiger partial charge in [0.2, 0.25) is 0 Å². The molecule has 106 valence electrons. The first-order valence-corrected chi connectivity index (χ1v) is 6.56. The molecule has 1 aromatic rings. The second-order valence-corrected chi connectivity index (χ2v) is 4.69. The number of hydrogen-bond donors (Lipinski definition) is 2. The van der Waals surface area contributed by atoms with Gasteiger partial charge in [-0.05, 0) is 26.3 Å². The third kappa shape index (κ3) is 4.43. The van der Waals surface area contributed by atoms with Crippen LogP contribution in [0.3, 0.4) is 0 Å². The van der Waals surface area contributed by atoms with E-state index in [-0.39, 0.29) is 0 Å². The Morgan fingerprint density at radius 3 is 2.53 bits per heavy atom. The minimum Gasteiger partial charge on any atom is -0.480 e. The van der Waals surface area contributed by atoms with Crippen molar-refractivity contribution in [3.63, 3.8) is 0 Å². The van der Waals surface area contributed by atoms with Crippen LogP contribution in [0.5, 0.6) is 0 Å². The van der Waals surface area contributed by atoms with E-state index in [9.17, 15) is 9.59 Å². The van der Waals surface area contributed by atoms with Crippen molar-refractivity contribution in [3.05, 3.63) is 23.2 Å². The standard InChI is InChI=1S/C14H21NO4/c1-4-5-6-7-12(14(17)18)15-13(16)11-8-9(2)19-10(11)3/h8,12H,4-7H2,1-3H3,(H,15,16)(H,17,18). The summed E-state index contributed by atoms with van der Waals surface area (Å²) in [6.07, 6.45) is 3.21. The zero-order chi connectivity index (χ0) is 14.4. The average molecular weight is 267 g/mol. The molecule has 0 fully saturated rings. The van der Waals surface area contributed by atoms with Crippen molar-refractivity contribution in [3.8, 4) is 0 Å². The molecule has 1 aromatic heterocycles. The van der Waals surface area contributed by atoms with Crippen LogP contribution in [0.2, 0.25) is 0 Å². The lowest BCUT2D eigenvalue weighted by atomic mass is 10.1. The quantitative estimate of drug-likeness (QED) is 0.744. The van der Waals surface area contributed by atoms with E-state index in [4.69, 9.17) is 9.52 Å². The summed E-state index contributed by atoms with van der Waals surface area (Å²) in [5.74, 6) is -0.242. The van der Waals surface area contributed by atoms with Gasteiger partial charge >= 0.3 is 5.97 Å². The second kappa shape index (κ2) is 6.97. The minimum atomic E-state index is -0.998. The van der Waals surface area contributed by atoms with Gasteiger partial charge in [0.1, 0.15) is 17.6 Å². The molecule has 5 heteroatoms. The fourth-order valence-electron chi connectivity index (χ4n) is 1.95. The van der Waals surface area contributed by atoms with E-state index in [1.165, 1.54) is 0 Å². The third-order valence-corrected chi connectivity index (χ3v) is 2.99. The minimum absolute atomic E-state index is 0.391. The van der Waals surface area contributed by atoms with Crippen molar-refractivity contribution < 1.29 is 19.1 Å². The van der Waals surface area contributed by atoms with E-state index in [0.29, 0.717) is 23.5 Å². The van der Waals surface area contributed by atoms with Gasteiger partial charge < -0.3 is 14.8 Å². The number of carbonyl (C=O) groups excluding carboxylic acids is 1. The van der Waals surface area contributed by atoms with E-state index in [1.54, 1.807) is 19.9 Å². The van der Waals surface area contributed by atoms with Gasteiger partial charge in [0.05, 0.1) is 5.56 Å². The molecule has 0 aliphatic carbocycles. The van der Waals surface area contributed by atoms with Crippen molar-refractivity contribution in [1.82, 2.24) is 5.32 Å². The van der Waals surface area contributed by atoms with Gasteiger partial charge in [-0.25, -0.2) is 4.79 Å². The van der Waals surface area contributed by atoms with Gasteiger partial charge in [0, 0.05) is 0 Å². The van der Waals surface area contributed by atoms with Gasteiger partial charge in [-0.3, -0.25) is 4.79 Å². The summed E-state index contributed by atoms with van der Waals surface area (Å²) in [5.41, 5.74) is 0.402. The second-order valence-electron chi connectivity index (χ2n) is 4.69. The number of rotatable bonds is 7. The van der Waals surface area contributed by atoms with Crippen molar-refractivity contribution in [2.45, 2.75) is 52.5 Å². The van der Waals surface area contributed by atoms with Gasteiger partial charge in [-0.2, -0.15) is 0 Å². The van der Waals surface area contributed by atoms with E-state index in [1.807, 2.05) is 6.92 Å². The number of aryl methyl sites for hydroxylation is 2. The molecule has 0 bridgehead atoms. The first-order chi connectivity index (χ1) is 8.95. The summed E-state index contributed by atoms with van der Waals surface area (Å²) in [5, 5.41) is 11.7. The van der Waals surface area contributed by atoms with Crippen molar-refractivity contribution in [2.75, 3.05) is 0 Å². The van der Waals surface area contributed by atoms with E-state index in [2.05, 4.69) is 5.32 Å². The molecule has 0 radical (unpaired) electrons. The molecule has 0 aliphatic rings. The maximum absolute atomic E-state index is 12.0. The molecule has 0 saturated heterocycles. The molecule has 1 rings (SSSR count). The average Bonchev–Trinajstić information content (AvgIpc) is 2.67. The molecule has 5 nitrogen and oxygen atoms in total. The van der Waals surface area contributed by atoms with Gasteiger partial charge in [0.15, 0.2) is 0 Å². The Bertz CT molecular complexity index is 450. The predicted octanol–water partition coefficient (Wildman–Crippen LogP) is 2.66. The Balaban J connectivity index is 2.66. The molecule has 0 saturated carbocycles. The van der Waals surface area contributed by atoms with Crippen LogP contribution in [0.1, 0.15) is 54.5 Å². The number of unbranched alkanes of at least 4 members (excludes halogenated alkanes) is 2. The molecule has 1 amide bonds. The van der Waals surface area contributed by atoms with Crippen molar-refractivity contribution >= 4 is 11.9 Å². The molecule has 0 aromatic carbocycles. The molecular formula is C14H21NO4. The fourth-order valence-corrected chi connectivity index (χ4v) is 1.95. The number of nitrogens with one attached hydrogen (secondary N) is 1. The highest BCUT2D eigenvalue weighted by Gasteiger charge is 2.22. The highest BCUT2D eigenvalue weighted by molar-refractivity contribution is 5.97. The Hall–Kier alpha value is -1.78. The number of carbonyl (C=O) groups is 2. The van der Waals surface area contributed by atoms with Gasteiger partial charge in [0.25, 0.3) is 5.91 Å². The molecule has 2 N–H and O–H groups in total. The van der Waals surface area contributed by atoms with Crippen LogP contribution in [-0.2, 0) is 4.79 Å². The molecule has 1 unspecified atom stereocenters. The number of furan rings is 1. The highest BCUT2D eigenvalue weighted by atomic mass is 16.4. The van der Waals surface area contributed by atoms with Crippen LogP contribution >= 0.6 is 0 Å². The van der Waals surface area contributed by atoms with Crippen LogP contribution in [0.15, 0.2) is 10.5 Å². The Morgan fingerprint density at radius 2 is 2.05 bits per heavy atom. The van der Waals surface area contributed by atoms with Crippen LogP contribution in [0.25, 0.3) is 0 Å². The lowest BCUT2D eigenvalue weighted by Gasteiger charge is -2.13. The van der Waals surface area contributed by atoms with Crippen molar-refractivity contribution in [2.24, 2.45) is 0 Å². The van der Waals surface area contributed by atoms with Crippen LogP contribution in [-0.4, -0.2) is 23.0 Å². The van der Waals surface area contributed by atoms with Gasteiger partial charge in [-0.1, -0.05) is 26.2 Å². The lowest BCUT2D eigenvalue weighted by molar-refractivity contribution is -0.139. The summed E-state index contributed by atoms with van der Waals surface area (Å²) in [7, 11) is 0. The number of carboxylic acid groups (broad SMARTS) is 1. The number of hydrogen-bond acceptors (Lipinski definition) is 3. The highest BCUT2D eigenvalue weighted by Crippen LogP contribution is 2.14. The number of carboxylic acids is 1. The fraction of sp³-hybridized carbons (Fsp3) is 0.571. The maximum Gasteiger partial charge on any atom is 0.326 e. The predicted molar refractivity (Wildman–Crippen MR) is 71.2 cm³/mol. The monoisotopic (exact) mass is 267 g/mol. The molecule has 0 aliphatic heterocycles. The molecule has 1 heterocycles. The third-order valence-electron chi connectivity index (χ3n) is 2.99.